The van der Waals surface area contributed by atoms with Crippen LogP contribution >= 0.6 is 11.6 Å². The van der Waals surface area contributed by atoms with Crippen LogP contribution in [0.3, 0.4) is 0 Å². The Morgan fingerprint density at radius 1 is 0.400 bits per heavy atom. The van der Waals surface area contributed by atoms with Gasteiger partial charge in [-0.2, -0.15) is 0 Å². The van der Waals surface area contributed by atoms with Crippen LogP contribution in [0, 0.1) is 0 Å². The highest BCUT2D eigenvalue weighted by Crippen LogP contribution is 2.47. The minimum Gasteiger partial charge on any atom is -0.311 e. The molecule has 4 heteroatoms. The Labute approximate surface area is 306 Å². The third kappa shape index (κ3) is 5.86. The predicted octanol–water partition coefficient (Wildman–Crippen LogP) is 11.6. The molecule has 0 amide bonds. The van der Waals surface area contributed by atoms with E-state index in [2.05, 4.69) is 178 Å². The number of hydrogen-bond donors (Lipinski definition) is 0. The Hall–Kier alpha value is -3.95. The summed E-state index contributed by atoms with van der Waals surface area (Å²) in [6, 6.07) is 37.0. The minimum absolute atomic E-state index is 0.00488. The van der Waals surface area contributed by atoms with E-state index in [4.69, 9.17) is 11.6 Å². The lowest BCUT2D eigenvalue weighted by Gasteiger charge is -2.45. The summed E-state index contributed by atoms with van der Waals surface area (Å²) in [4.78, 5) is 5.03. The Bertz CT molecular complexity index is 2100. The molecule has 0 fully saturated rings. The van der Waals surface area contributed by atoms with Crippen LogP contribution in [0.4, 0.5) is 34.1 Å². The number of benzene rings is 5. The average Bonchev–Trinajstić information content (AvgIpc) is 3.03. The first-order valence-electron chi connectivity index (χ1n) is 18.2. The second kappa shape index (κ2) is 11.5. The number of nitrogens with zero attached hydrogens (tertiary/aromatic N) is 2. The monoisotopic (exact) mass is 678 g/mol. The average molecular weight is 679 g/mol. The van der Waals surface area contributed by atoms with Gasteiger partial charge in [-0.05, 0) is 121 Å². The van der Waals surface area contributed by atoms with Gasteiger partial charge in [0, 0.05) is 39.1 Å². The molecular weight excluding hydrogens is 627 g/mol. The van der Waals surface area contributed by atoms with Crippen molar-refractivity contribution in [3.63, 3.8) is 0 Å². The summed E-state index contributed by atoms with van der Waals surface area (Å²) in [6.07, 6.45) is 0. The summed E-state index contributed by atoms with van der Waals surface area (Å²) < 4.78 is 0. The molecule has 0 saturated carbocycles. The Morgan fingerprint density at radius 3 is 1.14 bits per heavy atom. The van der Waals surface area contributed by atoms with Crippen molar-refractivity contribution in [1.82, 2.24) is 0 Å². The van der Waals surface area contributed by atoms with E-state index in [1.54, 1.807) is 0 Å². The first kappa shape index (κ1) is 34.5. The summed E-state index contributed by atoms with van der Waals surface area (Å²) in [6.45, 7) is 27.8. The molecule has 0 radical (unpaired) electrons. The molecule has 5 aromatic carbocycles. The summed E-state index contributed by atoms with van der Waals surface area (Å²) in [5.74, 6) is 0. The van der Waals surface area contributed by atoms with Gasteiger partial charge in [0.05, 0.1) is 0 Å². The summed E-state index contributed by atoms with van der Waals surface area (Å²) >= 11 is 6.50. The lowest BCUT2D eigenvalue weighted by atomic mass is 9.33. The highest BCUT2D eigenvalue weighted by atomic mass is 35.5. The largest absolute Gasteiger partial charge is 0.311 e. The fraction of sp³-hybridized carbons (Fsp3) is 0.348. The number of anilines is 6. The summed E-state index contributed by atoms with van der Waals surface area (Å²) in [5.41, 5.74) is 16.7. The van der Waals surface area contributed by atoms with Gasteiger partial charge in [0.2, 0.25) is 0 Å². The van der Waals surface area contributed by atoms with Gasteiger partial charge >= 0.3 is 0 Å². The molecule has 0 spiro atoms. The molecule has 256 valence electrons. The molecule has 5 aromatic rings. The fourth-order valence-corrected chi connectivity index (χ4v) is 7.75. The minimum atomic E-state index is -0.0683. The van der Waals surface area contributed by atoms with Crippen molar-refractivity contribution < 1.29 is 0 Å². The van der Waals surface area contributed by atoms with Crippen LogP contribution in [0.5, 0.6) is 0 Å². The van der Waals surface area contributed by atoms with Crippen molar-refractivity contribution in [2.45, 2.75) is 105 Å². The zero-order valence-electron chi connectivity index (χ0n) is 32.1. The second-order valence-electron chi connectivity index (χ2n) is 18.6. The Morgan fingerprint density at radius 2 is 0.760 bits per heavy atom. The van der Waals surface area contributed by atoms with Crippen molar-refractivity contribution in [2.75, 3.05) is 9.80 Å². The van der Waals surface area contributed by atoms with E-state index in [0.717, 1.165) is 10.7 Å². The third-order valence-electron chi connectivity index (χ3n) is 10.7. The van der Waals surface area contributed by atoms with Crippen molar-refractivity contribution in [1.29, 1.82) is 0 Å². The maximum absolute atomic E-state index is 6.50. The number of rotatable bonds is 2. The van der Waals surface area contributed by atoms with E-state index < -0.39 is 0 Å². The van der Waals surface area contributed by atoms with Gasteiger partial charge in [0.1, 0.15) is 0 Å². The molecule has 0 unspecified atom stereocenters. The Kier molecular flexibility index (Phi) is 7.96. The van der Waals surface area contributed by atoms with E-state index in [9.17, 15) is 0 Å². The zero-order valence-corrected chi connectivity index (χ0v) is 32.8. The van der Waals surface area contributed by atoms with Gasteiger partial charge in [0.25, 0.3) is 6.71 Å². The van der Waals surface area contributed by atoms with E-state index in [1.165, 1.54) is 67.1 Å². The third-order valence-corrected chi connectivity index (χ3v) is 11.0. The molecule has 0 N–H and O–H groups in total. The van der Waals surface area contributed by atoms with E-state index in [1.807, 2.05) is 12.1 Å². The van der Waals surface area contributed by atoms with Crippen LogP contribution in [0.25, 0.3) is 0 Å². The number of fused-ring (bicyclic) bond motifs is 4. The van der Waals surface area contributed by atoms with Crippen LogP contribution in [0.15, 0.2) is 97.1 Å². The van der Waals surface area contributed by atoms with Gasteiger partial charge in [-0.3, -0.25) is 0 Å². The van der Waals surface area contributed by atoms with Crippen molar-refractivity contribution in [3.8, 4) is 0 Å². The van der Waals surface area contributed by atoms with Crippen LogP contribution in [0.1, 0.15) is 105 Å². The molecule has 0 aromatic heterocycles. The molecule has 2 nitrogen and oxygen atoms in total. The molecule has 0 atom stereocenters. The summed E-state index contributed by atoms with van der Waals surface area (Å²) in [7, 11) is 0. The highest BCUT2D eigenvalue weighted by Gasteiger charge is 2.45. The first-order valence-corrected chi connectivity index (χ1v) is 18.5. The maximum atomic E-state index is 6.50. The van der Waals surface area contributed by atoms with E-state index >= 15 is 0 Å². The fourth-order valence-electron chi connectivity index (χ4n) is 7.63. The smallest absolute Gasteiger partial charge is 0.252 e. The summed E-state index contributed by atoms with van der Waals surface area (Å²) in [5, 5.41) is 0.742. The molecular formula is C46H52BClN2. The van der Waals surface area contributed by atoms with Crippen LogP contribution in [-0.4, -0.2) is 6.71 Å². The molecule has 0 aliphatic carbocycles. The van der Waals surface area contributed by atoms with Crippen molar-refractivity contribution in [3.05, 3.63) is 124 Å². The SMILES string of the molecule is CC(C)(C)c1ccc(N2c3ccc(C(C)(C)C)cc3B3c4cc(C(C)(C)C)ccc4N(c4ccc(Cl)cc4)c4cc(C(C)(C)C)cc2c43)cc1. The molecule has 2 aliphatic heterocycles. The number of hydrogen-bond acceptors (Lipinski definition) is 2. The molecule has 0 saturated heterocycles. The predicted molar refractivity (Wildman–Crippen MR) is 220 cm³/mol. The normalized spacial score (nSPS) is 14.4. The van der Waals surface area contributed by atoms with Gasteiger partial charge in [-0.1, -0.05) is 131 Å². The lowest BCUT2D eigenvalue weighted by molar-refractivity contribution is 0.589. The maximum Gasteiger partial charge on any atom is 0.252 e. The van der Waals surface area contributed by atoms with Gasteiger partial charge in [-0.25, -0.2) is 0 Å². The van der Waals surface area contributed by atoms with Gasteiger partial charge in [-0.15, -0.1) is 0 Å². The van der Waals surface area contributed by atoms with Gasteiger partial charge in [0.15, 0.2) is 0 Å². The van der Waals surface area contributed by atoms with Gasteiger partial charge < -0.3 is 9.80 Å². The topological polar surface area (TPSA) is 6.48 Å². The van der Waals surface area contributed by atoms with E-state index in [-0.39, 0.29) is 28.4 Å². The van der Waals surface area contributed by atoms with Crippen LogP contribution < -0.4 is 26.2 Å². The van der Waals surface area contributed by atoms with Crippen molar-refractivity contribution in [2.24, 2.45) is 0 Å². The molecule has 7 rings (SSSR count). The van der Waals surface area contributed by atoms with Crippen LogP contribution in [0.2, 0.25) is 5.02 Å². The first-order chi connectivity index (χ1) is 23.2. The molecule has 2 aliphatic rings. The standard InChI is InChI=1S/C46H52BClN2/c1-43(2,3)29-13-19-34(20-14-29)49-38-23-15-30(44(4,5)6)25-36(38)47-37-26-31(45(7,8)9)16-24-39(37)50(35-21-17-33(48)18-22-35)41-28-32(46(10,11)12)27-40(49)42(41)47/h13-28H,1-12H3. The van der Waals surface area contributed by atoms with Crippen molar-refractivity contribution >= 4 is 68.8 Å². The second-order valence-corrected chi connectivity index (χ2v) is 19.0. The highest BCUT2D eigenvalue weighted by molar-refractivity contribution is 7.00. The molecule has 2 heterocycles. The van der Waals surface area contributed by atoms with E-state index in [0.29, 0.717) is 0 Å². The van der Waals surface area contributed by atoms with Crippen LogP contribution in [-0.2, 0) is 21.7 Å². The lowest BCUT2D eigenvalue weighted by Crippen LogP contribution is -2.61. The zero-order chi connectivity index (χ0) is 36.1. The quantitative estimate of drug-likeness (QED) is 0.168. The molecule has 50 heavy (non-hydrogen) atoms. The number of halogens is 1. The molecule has 0 bridgehead atoms. The Balaban J connectivity index is 1.63.